The summed E-state index contributed by atoms with van der Waals surface area (Å²) in [6.07, 6.45) is 1.65. The second-order valence-electron chi connectivity index (χ2n) is 4.66. The predicted molar refractivity (Wildman–Crippen MR) is 93.8 cm³/mol. The van der Waals surface area contributed by atoms with Gasteiger partial charge in [0.15, 0.2) is 5.82 Å². The van der Waals surface area contributed by atoms with Crippen LogP contribution in [0.3, 0.4) is 0 Å². The van der Waals surface area contributed by atoms with Gasteiger partial charge >= 0.3 is 0 Å². The van der Waals surface area contributed by atoms with Gasteiger partial charge < -0.3 is 4.74 Å². The highest BCUT2D eigenvalue weighted by Gasteiger charge is 2.08. The monoisotopic (exact) mass is 344 g/mol. The van der Waals surface area contributed by atoms with Gasteiger partial charge in [-0.05, 0) is 42.5 Å². The van der Waals surface area contributed by atoms with Crippen LogP contribution in [0.15, 0.2) is 53.6 Å². The molecule has 0 unspecified atom stereocenters. The van der Waals surface area contributed by atoms with Crippen molar-refractivity contribution < 1.29 is 4.74 Å². The van der Waals surface area contributed by atoms with E-state index in [1.807, 2.05) is 48.5 Å². The number of aromatic nitrogens is 3. The van der Waals surface area contributed by atoms with Crippen molar-refractivity contribution in [2.45, 2.75) is 0 Å². The summed E-state index contributed by atoms with van der Waals surface area (Å²) in [5, 5.41) is 12.0. The third-order valence-corrected chi connectivity index (χ3v) is 3.82. The summed E-state index contributed by atoms with van der Waals surface area (Å²) in [4.78, 5) is 0. The fourth-order valence-electron chi connectivity index (χ4n) is 2.03. The molecule has 0 atom stereocenters. The molecule has 2 aromatic carbocycles. The normalized spacial score (nSPS) is 11.0. The molecular formula is C16H13ClN4OS. The Balaban J connectivity index is 1.99. The van der Waals surface area contributed by atoms with Crippen LogP contribution in [0.25, 0.3) is 11.4 Å². The highest BCUT2D eigenvalue weighted by molar-refractivity contribution is 7.71. The molecule has 0 aliphatic carbocycles. The van der Waals surface area contributed by atoms with E-state index >= 15 is 0 Å². The molecule has 23 heavy (non-hydrogen) atoms. The number of methoxy groups -OCH3 is 1. The number of hydrogen-bond acceptors (Lipinski definition) is 4. The number of halogens is 1. The van der Waals surface area contributed by atoms with Gasteiger partial charge in [0.25, 0.3) is 0 Å². The minimum atomic E-state index is 0.402. The van der Waals surface area contributed by atoms with Gasteiger partial charge in [-0.2, -0.15) is 14.9 Å². The first kappa shape index (κ1) is 15.5. The lowest BCUT2D eigenvalue weighted by molar-refractivity contribution is 0.415. The maximum atomic E-state index is 6.13. The second kappa shape index (κ2) is 6.76. The lowest BCUT2D eigenvalue weighted by Crippen LogP contribution is -1.95. The number of nitrogens with one attached hydrogen (secondary N) is 1. The maximum Gasteiger partial charge on any atom is 0.216 e. The molecular weight excluding hydrogens is 332 g/mol. The Morgan fingerprint density at radius 2 is 1.96 bits per heavy atom. The third kappa shape index (κ3) is 3.33. The predicted octanol–water partition coefficient (Wildman–Crippen LogP) is 4.15. The topological polar surface area (TPSA) is 55.2 Å². The van der Waals surface area contributed by atoms with Crippen LogP contribution in [0.4, 0.5) is 0 Å². The largest absolute Gasteiger partial charge is 0.497 e. The van der Waals surface area contributed by atoms with Crippen molar-refractivity contribution in [1.82, 2.24) is 14.9 Å². The fourth-order valence-corrected chi connectivity index (χ4v) is 2.39. The van der Waals surface area contributed by atoms with Crippen molar-refractivity contribution in [1.29, 1.82) is 0 Å². The molecule has 0 saturated heterocycles. The average Bonchev–Trinajstić information content (AvgIpc) is 2.95. The molecule has 0 fully saturated rings. The number of benzene rings is 2. The third-order valence-electron chi connectivity index (χ3n) is 3.22. The molecule has 1 N–H and O–H groups in total. The molecule has 3 rings (SSSR count). The summed E-state index contributed by atoms with van der Waals surface area (Å²) >= 11 is 11.4. The lowest BCUT2D eigenvalue weighted by Gasteiger charge is -2.03. The smallest absolute Gasteiger partial charge is 0.216 e. The maximum absolute atomic E-state index is 6.13. The van der Waals surface area contributed by atoms with E-state index in [1.165, 1.54) is 0 Å². The summed E-state index contributed by atoms with van der Waals surface area (Å²) in [6.45, 7) is 0. The number of aromatic amines is 1. The molecule has 116 valence electrons. The van der Waals surface area contributed by atoms with E-state index in [1.54, 1.807) is 18.0 Å². The van der Waals surface area contributed by atoms with Crippen LogP contribution in [0.5, 0.6) is 5.75 Å². The number of ether oxygens (including phenoxy) is 1. The fraction of sp³-hybridized carbons (Fsp3) is 0.0625. The molecule has 0 spiro atoms. The second-order valence-corrected chi connectivity index (χ2v) is 5.45. The molecule has 0 aliphatic heterocycles. The van der Waals surface area contributed by atoms with Gasteiger partial charge in [0.05, 0.1) is 13.3 Å². The van der Waals surface area contributed by atoms with E-state index in [0.717, 1.165) is 16.9 Å². The van der Waals surface area contributed by atoms with Crippen molar-refractivity contribution in [2.75, 3.05) is 7.11 Å². The van der Waals surface area contributed by atoms with Gasteiger partial charge in [-0.15, -0.1) is 0 Å². The summed E-state index contributed by atoms with van der Waals surface area (Å²) in [7, 11) is 1.62. The highest BCUT2D eigenvalue weighted by atomic mass is 35.5. The Bertz CT molecular complexity index is 899. The highest BCUT2D eigenvalue weighted by Crippen LogP contribution is 2.21. The summed E-state index contributed by atoms with van der Waals surface area (Å²) in [5.74, 6) is 1.38. The van der Waals surface area contributed by atoms with Crippen LogP contribution >= 0.6 is 23.8 Å². The van der Waals surface area contributed by atoms with Gasteiger partial charge in [0.1, 0.15) is 5.75 Å². The minimum absolute atomic E-state index is 0.402. The van der Waals surface area contributed by atoms with Gasteiger partial charge in [-0.1, -0.05) is 29.8 Å². The standard InChI is InChI=1S/C16H13ClN4OS/c1-22-13-8-6-11(7-9-13)15-19-20-16(23)21(15)18-10-12-4-2-3-5-14(12)17/h2-10H,1H3,(H,20,23). The molecule has 1 aromatic heterocycles. The Kier molecular flexibility index (Phi) is 4.55. The number of H-pyrrole nitrogens is 1. The minimum Gasteiger partial charge on any atom is -0.497 e. The SMILES string of the molecule is COc1ccc(-c2n[nH]c(=S)n2N=Cc2ccccc2Cl)cc1. The Morgan fingerprint density at radius 1 is 1.22 bits per heavy atom. The molecule has 0 saturated carbocycles. The molecule has 0 bridgehead atoms. The van der Waals surface area contributed by atoms with Crippen molar-refractivity contribution >= 4 is 30.0 Å². The Morgan fingerprint density at radius 3 is 2.65 bits per heavy atom. The zero-order valence-electron chi connectivity index (χ0n) is 12.2. The van der Waals surface area contributed by atoms with Crippen LogP contribution in [-0.4, -0.2) is 28.2 Å². The van der Waals surface area contributed by atoms with Crippen LogP contribution in [-0.2, 0) is 0 Å². The quantitative estimate of drug-likeness (QED) is 0.571. The first-order valence-electron chi connectivity index (χ1n) is 6.80. The average molecular weight is 345 g/mol. The van der Waals surface area contributed by atoms with Gasteiger partial charge in [-0.3, -0.25) is 0 Å². The van der Waals surface area contributed by atoms with E-state index < -0.39 is 0 Å². The van der Waals surface area contributed by atoms with Crippen LogP contribution in [0.1, 0.15) is 5.56 Å². The van der Waals surface area contributed by atoms with Gasteiger partial charge in [0, 0.05) is 16.1 Å². The van der Waals surface area contributed by atoms with Crippen molar-refractivity contribution in [3.8, 4) is 17.1 Å². The van der Waals surface area contributed by atoms with E-state index in [2.05, 4.69) is 15.3 Å². The van der Waals surface area contributed by atoms with Gasteiger partial charge in [-0.25, -0.2) is 5.10 Å². The molecule has 0 radical (unpaired) electrons. The molecule has 0 amide bonds. The zero-order valence-corrected chi connectivity index (χ0v) is 13.8. The molecule has 1 heterocycles. The first-order valence-corrected chi connectivity index (χ1v) is 7.58. The number of hydrogen-bond donors (Lipinski definition) is 1. The van der Waals surface area contributed by atoms with Crippen molar-refractivity contribution in [3.05, 3.63) is 63.9 Å². The summed E-state index contributed by atoms with van der Waals surface area (Å²) in [6, 6.07) is 14.9. The van der Waals surface area contributed by atoms with Crippen molar-refractivity contribution in [2.24, 2.45) is 5.10 Å². The van der Waals surface area contributed by atoms with E-state index in [4.69, 9.17) is 28.6 Å². The van der Waals surface area contributed by atoms with Crippen LogP contribution in [0.2, 0.25) is 5.02 Å². The van der Waals surface area contributed by atoms with Gasteiger partial charge in [0.2, 0.25) is 4.77 Å². The van der Waals surface area contributed by atoms with Crippen LogP contribution < -0.4 is 4.74 Å². The zero-order chi connectivity index (χ0) is 16.2. The molecule has 5 nitrogen and oxygen atoms in total. The van der Waals surface area contributed by atoms with E-state index in [9.17, 15) is 0 Å². The summed E-state index contributed by atoms with van der Waals surface area (Å²) < 4.78 is 7.12. The van der Waals surface area contributed by atoms with E-state index in [0.29, 0.717) is 15.6 Å². The van der Waals surface area contributed by atoms with E-state index in [-0.39, 0.29) is 0 Å². The Labute approximate surface area is 143 Å². The van der Waals surface area contributed by atoms with Crippen LogP contribution in [0, 0.1) is 4.77 Å². The first-order chi connectivity index (χ1) is 11.2. The molecule has 7 heteroatoms. The molecule has 0 aliphatic rings. The van der Waals surface area contributed by atoms with Crippen molar-refractivity contribution in [3.63, 3.8) is 0 Å². The summed E-state index contributed by atoms with van der Waals surface area (Å²) in [5.41, 5.74) is 1.67. The number of nitrogens with zero attached hydrogens (tertiary/aromatic N) is 3. The lowest BCUT2D eigenvalue weighted by atomic mass is 10.2. The molecule has 3 aromatic rings. The Hall–Kier alpha value is -2.44. The number of rotatable bonds is 4.